The second kappa shape index (κ2) is 7.26. The van der Waals surface area contributed by atoms with Gasteiger partial charge in [-0.05, 0) is 17.7 Å². The molecule has 0 saturated heterocycles. The van der Waals surface area contributed by atoms with Gasteiger partial charge in [0.25, 0.3) is 0 Å². The van der Waals surface area contributed by atoms with Crippen LogP contribution < -0.4 is 14.8 Å². The van der Waals surface area contributed by atoms with Crippen LogP contribution in [0.5, 0.6) is 11.5 Å². The maximum Gasteiger partial charge on any atom is 0.234 e. The van der Waals surface area contributed by atoms with E-state index in [1.165, 1.54) is 11.3 Å². The summed E-state index contributed by atoms with van der Waals surface area (Å²) >= 11 is 1.44. The second-order valence-electron chi connectivity index (χ2n) is 5.02. The van der Waals surface area contributed by atoms with E-state index in [2.05, 4.69) is 20.6 Å². The van der Waals surface area contributed by atoms with Crippen molar-refractivity contribution in [1.82, 2.24) is 25.1 Å². The summed E-state index contributed by atoms with van der Waals surface area (Å²) in [7, 11) is 3.17. The van der Waals surface area contributed by atoms with Gasteiger partial charge in [0, 0.05) is 19.4 Å². The smallest absolute Gasteiger partial charge is 0.234 e. The van der Waals surface area contributed by atoms with Gasteiger partial charge < -0.3 is 14.8 Å². The van der Waals surface area contributed by atoms with Gasteiger partial charge in [-0.15, -0.1) is 10.2 Å². The molecule has 2 aromatic heterocycles. The monoisotopic (exact) mass is 347 g/mol. The van der Waals surface area contributed by atoms with Crippen molar-refractivity contribution in [2.45, 2.75) is 19.4 Å². The summed E-state index contributed by atoms with van der Waals surface area (Å²) in [5.74, 6) is 1.27. The summed E-state index contributed by atoms with van der Waals surface area (Å²) in [6.07, 6.45) is 2.50. The molecule has 3 rings (SSSR count). The summed E-state index contributed by atoms with van der Waals surface area (Å²) in [5.41, 5.74) is 0.944. The molecule has 126 valence electrons. The number of amides is 1. The molecule has 2 heterocycles. The Bertz CT molecular complexity index is 816. The van der Waals surface area contributed by atoms with Crippen molar-refractivity contribution in [3.05, 3.63) is 35.1 Å². The van der Waals surface area contributed by atoms with E-state index in [1.54, 1.807) is 25.1 Å². The fourth-order valence-electron chi connectivity index (χ4n) is 2.20. The van der Waals surface area contributed by atoms with Crippen molar-refractivity contribution in [2.24, 2.45) is 0 Å². The van der Waals surface area contributed by atoms with E-state index in [0.29, 0.717) is 30.9 Å². The van der Waals surface area contributed by atoms with Crippen LogP contribution in [0.25, 0.3) is 4.96 Å². The van der Waals surface area contributed by atoms with Crippen LogP contribution >= 0.6 is 11.3 Å². The third-order valence-corrected chi connectivity index (χ3v) is 4.40. The Morgan fingerprint density at radius 2 is 2.12 bits per heavy atom. The van der Waals surface area contributed by atoms with Crippen LogP contribution in [0, 0.1) is 0 Å². The molecule has 0 aliphatic rings. The summed E-state index contributed by atoms with van der Waals surface area (Å²) in [6, 6.07) is 5.56. The largest absolute Gasteiger partial charge is 0.493 e. The number of methoxy groups -OCH3 is 2. The minimum Gasteiger partial charge on any atom is -0.493 e. The van der Waals surface area contributed by atoms with E-state index in [0.717, 1.165) is 15.5 Å². The van der Waals surface area contributed by atoms with E-state index in [1.807, 2.05) is 18.2 Å². The number of aryl methyl sites for hydroxylation is 1. The maximum atomic E-state index is 12.0. The fourth-order valence-corrected chi connectivity index (χ4v) is 3.02. The SMILES string of the molecule is COc1ccc(CNC(=O)CCc2nn3cnnc3s2)cc1OC. The van der Waals surface area contributed by atoms with Crippen molar-refractivity contribution in [3.8, 4) is 11.5 Å². The standard InChI is InChI=1S/C15H17N5O3S/c1-22-11-4-3-10(7-12(11)23-2)8-16-13(21)5-6-14-19-20-9-17-18-15(20)24-14/h3-4,7,9H,5-6,8H2,1-2H3,(H,16,21). The van der Waals surface area contributed by atoms with Crippen LogP contribution in [0.3, 0.4) is 0 Å². The first-order chi connectivity index (χ1) is 11.7. The van der Waals surface area contributed by atoms with Gasteiger partial charge in [0.1, 0.15) is 11.3 Å². The van der Waals surface area contributed by atoms with Crippen molar-refractivity contribution in [2.75, 3.05) is 14.2 Å². The van der Waals surface area contributed by atoms with Gasteiger partial charge in [-0.1, -0.05) is 17.4 Å². The zero-order valence-corrected chi connectivity index (χ0v) is 14.2. The molecule has 0 bridgehead atoms. The van der Waals surface area contributed by atoms with Crippen molar-refractivity contribution < 1.29 is 14.3 Å². The summed E-state index contributed by atoms with van der Waals surface area (Å²) < 4.78 is 12.1. The van der Waals surface area contributed by atoms with Gasteiger partial charge in [0.05, 0.1) is 14.2 Å². The van der Waals surface area contributed by atoms with Gasteiger partial charge in [0.15, 0.2) is 11.5 Å². The molecule has 0 atom stereocenters. The highest BCUT2D eigenvalue weighted by Gasteiger charge is 2.09. The Balaban J connectivity index is 1.51. The predicted octanol–water partition coefficient (Wildman–Crippen LogP) is 1.45. The molecule has 0 saturated carbocycles. The average Bonchev–Trinajstić information content (AvgIpc) is 3.19. The Labute approximate surface area is 142 Å². The van der Waals surface area contributed by atoms with Gasteiger partial charge >= 0.3 is 0 Å². The number of rotatable bonds is 7. The Morgan fingerprint density at radius 3 is 2.88 bits per heavy atom. The van der Waals surface area contributed by atoms with Gasteiger partial charge in [-0.3, -0.25) is 4.79 Å². The molecule has 0 aliphatic carbocycles. The molecular formula is C15H17N5O3S. The first kappa shape index (κ1) is 16.2. The van der Waals surface area contributed by atoms with Crippen molar-refractivity contribution in [1.29, 1.82) is 0 Å². The quantitative estimate of drug-likeness (QED) is 0.696. The van der Waals surface area contributed by atoms with E-state index in [4.69, 9.17) is 9.47 Å². The zero-order valence-electron chi connectivity index (χ0n) is 13.4. The number of carbonyl (C=O) groups is 1. The highest BCUT2D eigenvalue weighted by molar-refractivity contribution is 7.16. The molecule has 1 N–H and O–H groups in total. The Kier molecular flexibility index (Phi) is 4.90. The molecule has 0 unspecified atom stereocenters. The minimum absolute atomic E-state index is 0.0317. The van der Waals surface area contributed by atoms with Crippen LogP contribution in [0.15, 0.2) is 24.5 Å². The van der Waals surface area contributed by atoms with Gasteiger partial charge in [-0.25, -0.2) is 0 Å². The third-order valence-electron chi connectivity index (χ3n) is 3.43. The number of hydrogen-bond acceptors (Lipinski definition) is 7. The van der Waals surface area contributed by atoms with E-state index >= 15 is 0 Å². The molecule has 0 aliphatic heterocycles. The molecule has 3 aromatic rings. The molecule has 9 heteroatoms. The number of hydrogen-bond donors (Lipinski definition) is 1. The molecule has 0 spiro atoms. The minimum atomic E-state index is -0.0317. The number of nitrogens with zero attached hydrogens (tertiary/aromatic N) is 4. The number of carbonyl (C=O) groups excluding carboxylic acids is 1. The summed E-state index contributed by atoms with van der Waals surface area (Å²) in [5, 5.41) is 15.7. The molecule has 0 fully saturated rings. The molecule has 24 heavy (non-hydrogen) atoms. The van der Waals surface area contributed by atoms with Crippen molar-refractivity contribution in [3.63, 3.8) is 0 Å². The summed E-state index contributed by atoms with van der Waals surface area (Å²) in [6.45, 7) is 0.435. The maximum absolute atomic E-state index is 12.0. The lowest BCUT2D eigenvalue weighted by Gasteiger charge is -2.10. The number of ether oxygens (including phenoxy) is 2. The second-order valence-corrected chi connectivity index (χ2v) is 6.06. The lowest BCUT2D eigenvalue weighted by molar-refractivity contribution is -0.121. The fraction of sp³-hybridized carbons (Fsp3) is 0.333. The molecule has 8 nitrogen and oxygen atoms in total. The summed E-state index contributed by atoms with van der Waals surface area (Å²) in [4.78, 5) is 12.7. The zero-order chi connectivity index (χ0) is 16.9. The topological polar surface area (TPSA) is 90.6 Å². The Hall–Kier alpha value is -2.68. The van der Waals surface area contributed by atoms with E-state index in [-0.39, 0.29) is 5.91 Å². The van der Waals surface area contributed by atoms with Crippen LogP contribution in [0.2, 0.25) is 0 Å². The first-order valence-electron chi connectivity index (χ1n) is 7.33. The molecule has 1 amide bonds. The first-order valence-corrected chi connectivity index (χ1v) is 8.14. The van der Waals surface area contributed by atoms with Gasteiger partial charge in [0.2, 0.25) is 10.9 Å². The highest BCUT2D eigenvalue weighted by Crippen LogP contribution is 2.27. The number of benzene rings is 1. The highest BCUT2D eigenvalue weighted by atomic mass is 32.1. The van der Waals surface area contributed by atoms with Crippen LogP contribution in [-0.2, 0) is 17.8 Å². The van der Waals surface area contributed by atoms with E-state index in [9.17, 15) is 4.79 Å². The Morgan fingerprint density at radius 1 is 1.29 bits per heavy atom. The molecule has 0 radical (unpaired) electrons. The van der Waals surface area contributed by atoms with Crippen LogP contribution in [0.4, 0.5) is 0 Å². The number of nitrogens with one attached hydrogen (secondary N) is 1. The lowest BCUT2D eigenvalue weighted by atomic mass is 10.2. The van der Waals surface area contributed by atoms with E-state index < -0.39 is 0 Å². The number of fused-ring (bicyclic) bond motifs is 1. The number of aromatic nitrogens is 4. The predicted molar refractivity (Wildman–Crippen MR) is 88.4 cm³/mol. The van der Waals surface area contributed by atoms with Crippen LogP contribution in [0.1, 0.15) is 17.0 Å². The van der Waals surface area contributed by atoms with Crippen molar-refractivity contribution >= 4 is 22.2 Å². The lowest BCUT2D eigenvalue weighted by Crippen LogP contribution is -2.23. The van der Waals surface area contributed by atoms with Gasteiger partial charge in [-0.2, -0.15) is 9.61 Å². The van der Waals surface area contributed by atoms with Crippen LogP contribution in [-0.4, -0.2) is 39.9 Å². The molecule has 1 aromatic carbocycles. The average molecular weight is 347 g/mol. The third kappa shape index (κ3) is 3.62. The normalized spacial score (nSPS) is 10.8. The molecular weight excluding hydrogens is 330 g/mol.